The van der Waals surface area contributed by atoms with E-state index in [0.29, 0.717) is 6.04 Å². The van der Waals surface area contributed by atoms with Crippen molar-refractivity contribution in [1.29, 1.82) is 0 Å². The van der Waals surface area contributed by atoms with Crippen molar-refractivity contribution in [3.05, 3.63) is 54.6 Å². The molecule has 1 heteroatoms. The quantitative estimate of drug-likeness (QED) is 0.733. The topological polar surface area (TPSA) is 3.24 Å². The first-order valence-corrected chi connectivity index (χ1v) is 7.38. The third-order valence-corrected chi connectivity index (χ3v) is 4.69. The molecule has 0 saturated heterocycles. The minimum Gasteiger partial charge on any atom is -0.295 e. The Labute approximate surface area is 116 Å². The maximum Gasteiger partial charge on any atom is 0.0379 e. The van der Waals surface area contributed by atoms with Gasteiger partial charge in [0.15, 0.2) is 0 Å². The number of hydrogen-bond acceptors (Lipinski definition) is 1. The molecule has 3 rings (SSSR count). The molecule has 1 saturated carbocycles. The number of hydrogen-bond donors (Lipinski definition) is 0. The Bertz CT molecular complexity index is 474. The van der Waals surface area contributed by atoms with Crippen molar-refractivity contribution in [2.45, 2.75) is 25.3 Å². The largest absolute Gasteiger partial charge is 0.295 e. The van der Waals surface area contributed by atoms with Crippen molar-refractivity contribution in [3.8, 4) is 0 Å². The van der Waals surface area contributed by atoms with Gasteiger partial charge in [-0.3, -0.25) is 4.90 Å². The minimum absolute atomic E-state index is 0.569. The van der Waals surface area contributed by atoms with Crippen LogP contribution in [0.4, 0.5) is 0 Å². The van der Waals surface area contributed by atoms with E-state index in [1.165, 1.54) is 24.8 Å². The van der Waals surface area contributed by atoms with Gasteiger partial charge in [0.2, 0.25) is 0 Å². The summed E-state index contributed by atoms with van der Waals surface area (Å²) < 4.78 is 0. The Balaban J connectivity index is 1.96. The van der Waals surface area contributed by atoms with Gasteiger partial charge in [-0.25, -0.2) is 0 Å². The molecule has 0 aromatic heterocycles. The van der Waals surface area contributed by atoms with Gasteiger partial charge < -0.3 is 0 Å². The summed E-state index contributed by atoms with van der Waals surface area (Å²) >= 11 is 0. The van der Waals surface area contributed by atoms with Crippen molar-refractivity contribution in [2.24, 2.45) is 11.8 Å². The van der Waals surface area contributed by atoms with Gasteiger partial charge in [0.25, 0.3) is 0 Å². The van der Waals surface area contributed by atoms with Crippen LogP contribution in [0.2, 0.25) is 0 Å². The van der Waals surface area contributed by atoms with Crippen LogP contribution in [0.5, 0.6) is 0 Å². The summed E-state index contributed by atoms with van der Waals surface area (Å²) in [5, 5.41) is 0. The lowest BCUT2D eigenvalue weighted by atomic mass is 9.81. The lowest BCUT2D eigenvalue weighted by molar-refractivity contribution is 0.236. The van der Waals surface area contributed by atoms with Gasteiger partial charge in [-0.05, 0) is 49.3 Å². The van der Waals surface area contributed by atoms with Crippen LogP contribution in [-0.4, -0.2) is 24.5 Å². The molecule has 2 bridgehead atoms. The minimum atomic E-state index is 0.569. The fourth-order valence-corrected chi connectivity index (χ4v) is 3.91. The highest BCUT2D eigenvalue weighted by atomic mass is 15.1. The molecule has 0 radical (unpaired) electrons. The monoisotopic (exact) mass is 253 g/mol. The van der Waals surface area contributed by atoms with E-state index in [-0.39, 0.29) is 0 Å². The molecule has 1 fully saturated rings. The third kappa shape index (κ3) is 2.40. The Morgan fingerprint density at radius 1 is 1.26 bits per heavy atom. The highest BCUT2D eigenvalue weighted by Crippen LogP contribution is 2.45. The molecule has 0 heterocycles. The number of allylic oxidation sites excluding steroid dienone is 1. The van der Waals surface area contributed by atoms with Crippen LogP contribution in [0.15, 0.2) is 49.1 Å². The summed E-state index contributed by atoms with van der Waals surface area (Å²) in [7, 11) is 2.24. The van der Waals surface area contributed by atoms with Crippen molar-refractivity contribution in [1.82, 2.24) is 4.90 Å². The Morgan fingerprint density at radius 3 is 2.79 bits per heavy atom. The maximum absolute atomic E-state index is 3.89. The molecule has 19 heavy (non-hydrogen) atoms. The molecule has 0 amide bonds. The van der Waals surface area contributed by atoms with E-state index in [4.69, 9.17) is 0 Å². The third-order valence-electron chi connectivity index (χ3n) is 4.69. The standard InChI is InChI=1S/C18H23N/c1-3-11-19(2)18-16-10-9-14(12-16)13-17(18)15-7-5-4-6-8-15/h3-8,13-14,16,18H,1,9-12H2,2H3/t14-,16-,18-/m0/s1. The second-order valence-corrected chi connectivity index (χ2v) is 5.99. The van der Waals surface area contributed by atoms with E-state index in [0.717, 1.165) is 18.4 Å². The predicted molar refractivity (Wildman–Crippen MR) is 81.9 cm³/mol. The first-order valence-electron chi connectivity index (χ1n) is 7.38. The summed E-state index contributed by atoms with van der Waals surface area (Å²) in [5.74, 6) is 1.64. The zero-order valence-electron chi connectivity index (χ0n) is 11.8. The van der Waals surface area contributed by atoms with Crippen molar-refractivity contribution in [3.63, 3.8) is 0 Å². The van der Waals surface area contributed by atoms with Crippen LogP contribution < -0.4 is 0 Å². The molecular formula is C18H23N. The van der Waals surface area contributed by atoms with E-state index in [9.17, 15) is 0 Å². The molecule has 1 aromatic rings. The van der Waals surface area contributed by atoms with Gasteiger partial charge in [0.1, 0.15) is 0 Å². The first-order chi connectivity index (χ1) is 9.29. The first kappa shape index (κ1) is 12.7. The second kappa shape index (κ2) is 5.34. The maximum atomic E-state index is 3.89. The van der Waals surface area contributed by atoms with E-state index in [1.807, 2.05) is 6.08 Å². The smallest absolute Gasteiger partial charge is 0.0379 e. The average Bonchev–Trinajstić information content (AvgIpc) is 2.81. The molecule has 0 N–H and O–H groups in total. The molecule has 3 atom stereocenters. The summed E-state index contributed by atoms with van der Waals surface area (Å²) in [5.41, 5.74) is 2.95. The SMILES string of the molecule is C=CCN(C)[C@@H]1C(c2ccccc2)=C[C@H]2CC[C@H]1C2. The number of rotatable bonds is 4. The van der Waals surface area contributed by atoms with Gasteiger partial charge >= 0.3 is 0 Å². The molecular weight excluding hydrogens is 230 g/mol. The fourth-order valence-electron chi connectivity index (χ4n) is 3.91. The van der Waals surface area contributed by atoms with Gasteiger partial charge in [0, 0.05) is 12.6 Å². The van der Waals surface area contributed by atoms with Crippen LogP contribution in [0.25, 0.3) is 5.57 Å². The summed E-state index contributed by atoms with van der Waals surface area (Å²) in [6.07, 6.45) is 8.69. The molecule has 0 unspecified atom stereocenters. The number of benzene rings is 1. The predicted octanol–water partition coefficient (Wildman–Crippen LogP) is 3.99. The molecule has 100 valence electrons. The zero-order chi connectivity index (χ0) is 13.2. The van der Waals surface area contributed by atoms with E-state index < -0.39 is 0 Å². The van der Waals surface area contributed by atoms with E-state index in [2.05, 4.69) is 54.9 Å². The Kier molecular flexibility index (Phi) is 3.56. The molecule has 2 aliphatic carbocycles. The highest BCUT2D eigenvalue weighted by molar-refractivity contribution is 5.71. The second-order valence-electron chi connectivity index (χ2n) is 5.99. The lowest BCUT2D eigenvalue weighted by Gasteiger charge is -2.37. The molecule has 0 spiro atoms. The van der Waals surface area contributed by atoms with Crippen LogP contribution >= 0.6 is 0 Å². The number of likely N-dealkylation sites (N-methyl/N-ethyl adjacent to an activating group) is 1. The van der Waals surface area contributed by atoms with Crippen LogP contribution in [0, 0.1) is 11.8 Å². The van der Waals surface area contributed by atoms with Crippen molar-refractivity contribution >= 4 is 5.57 Å². The summed E-state index contributed by atoms with van der Waals surface area (Å²) in [4.78, 5) is 2.47. The van der Waals surface area contributed by atoms with Gasteiger partial charge in [-0.15, -0.1) is 6.58 Å². The van der Waals surface area contributed by atoms with Crippen LogP contribution in [0.1, 0.15) is 24.8 Å². The summed E-state index contributed by atoms with van der Waals surface area (Å²) in [6.45, 7) is 4.86. The van der Waals surface area contributed by atoms with Crippen molar-refractivity contribution < 1.29 is 0 Å². The van der Waals surface area contributed by atoms with Crippen LogP contribution in [0.3, 0.4) is 0 Å². The molecule has 1 aromatic carbocycles. The zero-order valence-corrected chi connectivity index (χ0v) is 11.8. The van der Waals surface area contributed by atoms with Crippen LogP contribution in [-0.2, 0) is 0 Å². The van der Waals surface area contributed by atoms with Gasteiger partial charge in [-0.2, -0.15) is 0 Å². The Morgan fingerprint density at radius 2 is 2.05 bits per heavy atom. The summed E-state index contributed by atoms with van der Waals surface area (Å²) in [6, 6.07) is 11.5. The van der Waals surface area contributed by atoms with E-state index in [1.54, 1.807) is 5.57 Å². The van der Waals surface area contributed by atoms with Gasteiger partial charge in [0.05, 0.1) is 0 Å². The number of fused-ring (bicyclic) bond motifs is 2. The lowest BCUT2D eigenvalue weighted by Crippen LogP contribution is -2.39. The fraction of sp³-hybridized carbons (Fsp3) is 0.444. The molecule has 2 aliphatic rings. The van der Waals surface area contributed by atoms with Crippen molar-refractivity contribution in [2.75, 3.05) is 13.6 Å². The normalized spacial score (nSPS) is 29.4. The average molecular weight is 253 g/mol. The Hall–Kier alpha value is -1.34. The molecule has 0 aliphatic heterocycles. The number of nitrogens with zero attached hydrogens (tertiary/aromatic N) is 1. The van der Waals surface area contributed by atoms with E-state index >= 15 is 0 Å². The highest BCUT2D eigenvalue weighted by Gasteiger charge is 2.38. The molecule has 1 nitrogen and oxygen atoms in total. The van der Waals surface area contributed by atoms with Gasteiger partial charge in [-0.1, -0.05) is 42.5 Å².